The monoisotopic (exact) mass is 226 g/mol. The fourth-order valence-corrected chi connectivity index (χ4v) is 2.00. The van der Waals surface area contributed by atoms with Gasteiger partial charge in [0.25, 0.3) is 0 Å². The first kappa shape index (κ1) is 14.0. The smallest absolute Gasteiger partial charge is 0.0104 e. The molecule has 1 rings (SSSR count). The quantitative estimate of drug-likeness (QED) is 0.671. The molecule has 16 heavy (non-hydrogen) atoms. The number of rotatable bonds is 7. The average Bonchev–Trinajstić information content (AvgIpc) is 2.79. The SMILES string of the molecule is CC1CC1CN(C)CCNCCC(C)(C)C. The number of hydrogen-bond acceptors (Lipinski definition) is 2. The van der Waals surface area contributed by atoms with Crippen LogP contribution in [0.1, 0.15) is 40.5 Å². The summed E-state index contributed by atoms with van der Waals surface area (Å²) < 4.78 is 0. The van der Waals surface area contributed by atoms with Gasteiger partial charge in [-0.3, -0.25) is 0 Å². The highest BCUT2D eigenvalue weighted by Crippen LogP contribution is 2.37. The highest BCUT2D eigenvalue weighted by Gasteiger charge is 2.32. The Morgan fingerprint density at radius 2 is 1.88 bits per heavy atom. The minimum absolute atomic E-state index is 0.461. The zero-order valence-electron chi connectivity index (χ0n) is 11.8. The molecule has 0 heterocycles. The molecule has 0 aromatic rings. The van der Waals surface area contributed by atoms with E-state index in [4.69, 9.17) is 0 Å². The van der Waals surface area contributed by atoms with Crippen LogP contribution in [0.4, 0.5) is 0 Å². The van der Waals surface area contributed by atoms with E-state index in [-0.39, 0.29) is 0 Å². The molecule has 0 bridgehead atoms. The van der Waals surface area contributed by atoms with Gasteiger partial charge in [-0.25, -0.2) is 0 Å². The Kier molecular flexibility index (Phi) is 5.26. The molecule has 96 valence electrons. The van der Waals surface area contributed by atoms with Crippen molar-refractivity contribution in [2.45, 2.75) is 40.5 Å². The van der Waals surface area contributed by atoms with Gasteiger partial charge in [-0.2, -0.15) is 0 Å². The fraction of sp³-hybridized carbons (Fsp3) is 1.00. The van der Waals surface area contributed by atoms with Gasteiger partial charge in [0.05, 0.1) is 0 Å². The highest BCUT2D eigenvalue weighted by molar-refractivity contribution is 4.84. The van der Waals surface area contributed by atoms with Crippen LogP contribution in [0.2, 0.25) is 0 Å². The predicted octanol–water partition coefficient (Wildman–Crippen LogP) is 2.60. The Balaban J connectivity index is 1.90. The van der Waals surface area contributed by atoms with E-state index in [1.807, 2.05) is 0 Å². The molecule has 0 amide bonds. The van der Waals surface area contributed by atoms with Crippen LogP contribution in [0.3, 0.4) is 0 Å². The second kappa shape index (κ2) is 6.02. The molecule has 0 radical (unpaired) electrons. The molecule has 1 aliphatic rings. The van der Waals surface area contributed by atoms with Crippen LogP contribution in [0.25, 0.3) is 0 Å². The molecule has 1 saturated carbocycles. The zero-order valence-corrected chi connectivity index (χ0v) is 11.8. The molecule has 1 aliphatic carbocycles. The lowest BCUT2D eigenvalue weighted by Crippen LogP contribution is -2.32. The van der Waals surface area contributed by atoms with Crippen LogP contribution in [0, 0.1) is 17.3 Å². The van der Waals surface area contributed by atoms with Crippen molar-refractivity contribution >= 4 is 0 Å². The van der Waals surface area contributed by atoms with Crippen molar-refractivity contribution in [3.8, 4) is 0 Å². The lowest BCUT2D eigenvalue weighted by molar-refractivity contribution is 0.306. The second-order valence-electron chi connectivity index (χ2n) is 6.80. The zero-order chi connectivity index (χ0) is 12.2. The third kappa shape index (κ3) is 6.49. The summed E-state index contributed by atoms with van der Waals surface area (Å²) >= 11 is 0. The minimum Gasteiger partial charge on any atom is -0.315 e. The maximum absolute atomic E-state index is 3.54. The topological polar surface area (TPSA) is 15.3 Å². The Hall–Kier alpha value is -0.0800. The molecule has 2 atom stereocenters. The maximum Gasteiger partial charge on any atom is 0.0104 e. The summed E-state index contributed by atoms with van der Waals surface area (Å²) in [6.45, 7) is 14.0. The molecule has 2 nitrogen and oxygen atoms in total. The predicted molar refractivity (Wildman–Crippen MR) is 71.7 cm³/mol. The van der Waals surface area contributed by atoms with Crippen LogP contribution >= 0.6 is 0 Å². The molecule has 1 N–H and O–H groups in total. The van der Waals surface area contributed by atoms with E-state index in [1.165, 1.54) is 25.9 Å². The first-order valence-electron chi connectivity index (χ1n) is 6.78. The Morgan fingerprint density at radius 1 is 1.25 bits per heavy atom. The van der Waals surface area contributed by atoms with Crippen molar-refractivity contribution in [3.63, 3.8) is 0 Å². The summed E-state index contributed by atoms with van der Waals surface area (Å²) in [5.74, 6) is 1.97. The van der Waals surface area contributed by atoms with Crippen LogP contribution in [-0.2, 0) is 0 Å². The standard InChI is InChI=1S/C14H30N2/c1-12-10-13(12)11-16(5)9-8-15-7-6-14(2,3)4/h12-13,15H,6-11H2,1-5H3. The third-order valence-electron chi connectivity index (χ3n) is 3.54. The maximum atomic E-state index is 3.54. The first-order valence-corrected chi connectivity index (χ1v) is 6.78. The van der Waals surface area contributed by atoms with Crippen LogP contribution in [-0.4, -0.2) is 38.1 Å². The number of nitrogens with zero attached hydrogens (tertiary/aromatic N) is 1. The van der Waals surface area contributed by atoms with E-state index in [2.05, 4.69) is 45.0 Å². The summed E-state index contributed by atoms with van der Waals surface area (Å²) in [5.41, 5.74) is 0.461. The van der Waals surface area contributed by atoms with Crippen molar-refractivity contribution in [3.05, 3.63) is 0 Å². The third-order valence-corrected chi connectivity index (χ3v) is 3.54. The highest BCUT2D eigenvalue weighted by atomic mass is 15.1. The Bertz CT molecular complexity index is 195. The minimum atomic E-state index is 0.461. The van der Waals surface area contributed by atoms with E-state index in [9.17, 15) is 0 Å². The normalized spacial score (nSPS) is 25.1. The van der Waals surface area contributed by atoms with Gasteiger partial charge >= 0.3 is 0 Å². The van der Waals surface area contributed by atoms with E-state index < -0.39 is 0 Å². The van der Waals surface area contributed by atoms with Crippen molar-refractivity contribution in [2.24, 2.45) is 17.3 Å². The molecule has 1 fully saturated rings. The van der Waals surface area contributed by atoms with Crippen LogP contribution in [0.5, 0.6) is 0 Å². The van der Waals surface area contributed by atoms with Gasteiger partial charge in [0.15, 0.2) is 0 Å². The molecular weight excluding hydrogens is 196 g/mol. The molecule has 2 heteroatoms. The molecule has 0 aliphatic heterocycles. The van der Waals surface area contributed by atoms with Gasteiger partial charge in [-0.05, 0) is 43.7 Å². The summed E-state index contributed by atoms with van der Waals surface area (Å²) in [4.78, 5) is 2.47. The van der Waals surface area contributed by atoms with Gasteiger partial charge in [0.1, 0.15) is 0 Å². The summed E-state index contributed by atoms with van der Waals surface area (Å²) in [5, 5.41) is 3.54. The van der Waals surface area contributed by atoms with Crippen molar-refractivity contribution in [1.29, 1.82) is 0 Å². The summed E-state index contributed by atoms with van der Waals surface area (Å²) in [7, 11) is 2.25. The molecule has 0 saturated heterocycles. The molecule has 0 spiro atoms. The Labute approximate surface area is 102 Å². The van der Waals surface area contributed by atoms with E-state index in [0.29, 0.717) is 5.41 Å². The van der Waals surface area contributed by atoms with Crippen LogP contribution in [0.15, 0.2) is 0 Å². The van der Waals surface area contributed by atoms with Crippen molar-refractivity contribution in [1.82, 2.24) is 10.2 Å². The summed E-state index contributed by atoms with van der Waals surface area (Å²) in [6, 6.07) is 0. The Morgan fingerprint density at radius 3 is 2.38 bits per heavy atom. The lowest BCUT2D eigenvalue weighted by atomic mass is 9.92. The van der Waals surface area contributed by atoms with Gasteiger partial charge in [0.2, 0.25) is 0 Å². The first-order chi connectivity index (χ1) is 7.38. The van der Waals surface area contributed by atoms with Crippen LogP contribution < -0.4 is 5.32 Å². The second-order valence-corrected chi connectivity index (χ2v) is 6.80. The lowest BCUT2D eigenvalue weighted by Gasteiger charge is -2.20. The van der Waals surface area contributed by atoms with Crippen molar-refractivity contribution < 1.29 is 0 Å². The van der Waals surface area contributed by atoms with Gasteiger partial charge in [-0.1, -0.05) is 27.7 Å². The van der Waals surface area contributed by atoms with E-state index in [0.717, 1.165) is 24.9 Å². The van der Waals surface area contributed by atoms with Crippen molar-refractivity contribution in [2.75, 3.05) is 33.2 Å². The molecule has 2 unspecified atom stereocenters. The fourth-order valence-electron chi connectivity index (χ4n) is 2.00. The number of likely N-dealkylation sites (N-methyl/N-ethyl adjacent to an activating group) is 1. The number of nitrogens with one attached hydrogen (secondary N) is 1. The van der Waals surface area contributed by atoms with Gasteiger partial charge in [-0.15, -0.1) is 0 Å². The van der Waals surface area contributed by atoms with Gasteiger partial charge < -0.3 is 10.2 Å². The molecule has 0 aromatic heterocycles. The van der Waals surface area contributed by atoms with E-state index in [1.54, 1.807) is 0 Å². The number of hydrogen-bond donors (Lipinski definition) is 1. The molecular formula is C14H30N2. The molecule has 0 aromatic carbocycles. The summed E-state index contributed by atoms with van der Waals surface area (Å²) in [6.07, 6.45) is 2.71. The largest absolute Gasteiger partial charge is 0.315 e. The average molecular weight is 226 g/mol. The van der Waals surface area contributed by atoms with E-state index >= 15 is 0 Å². The van der Waals surface area contributed by atoms with Gasteiger partial charge in [0, 0.05) is 19.6 Å².